The van der Waals surface area contributed by atoms with Crippen molar-refractivity contribution in [3.8, 4) is 0 Å². The normalized spacial score (nSPS) is 15.0. The third-order valence-electron chi connectivity index (χ3n) is 0.930. The van der Waals surface area contributed by atoms with Crippen LogP contribution in [0.3, 0.4) is 0 Å². The van der Waals surface area contributed by atoms with Crippen molar-refractivity contribution in [3.63, 3.8) is 0 Å². The molecule has 1 unspecified atom stereocenters. The van der Waals surface area contributed by atoms with Gasteiger partial charge in [0.2, 0.25) is 0 Å². The van der Waals surface area contributed by atoms with Gasteiger partial charge in [-0.3, -0.25) is 5.50 Å². The van der Waals surface area contributed by atoms with Gasteiger partial charge in [-0.15, -0.1) is 0 Å². The summed E-state index contributed by atoms with van der Waals surface area (Å²) in [6, 6.07) is 0. The molecule has 11 heavy (non-hydrogen) atoms. The molecule has 0 aromatic carbocycles. The molecule has 0 aromatic heterocycles. The Morgan fingerprint density at radius 3 is 2.64 bits per heavy atom. The van der Waals surface area contributed by atoms with E-state index in [-0.39, 0.29) is 0 Å². The smallest absolute Gasteiger partial charge is 0.155 e. The Labute approximate surface area is 69.3 Å². The second-order valence-corrected chi connectivity index (χ2v) is 3.20. The maximum atomic E-state index is 5.48. The first-order chi connectivity index (χ1) is 5.20. The number of hydrogen-bond acceptors (Lipinski definition) is 2. The zero-order chi connectivity index (χ0) is 8.69. The molecule has 2 N–H and O–H groups in total. The van der Waals surface area contributed by atoms with Crippen LogP contribution in [-0.4, -0.2) is 6.66 Å². The molecule has 3 heteroatoms. The van der Waals surface area contributed by atoms with E-state index < -0.39 is 8.30 Å². The molecule has 0 aliphatic carbocycles. The number of hydrogen-bond donors (Lipinski definition) is 1. The lowest BCUT2D eigenvalue weighted by atomic mass is 10.4. The lowest BCUT2D eigenvalue weighted by molar-refractivity contribution is 0.496. The Hall–Kier alpha value is -0.590. The van der Waals surface area contributed by atoms with Crippen LogP contribution in [0.2, 0.25) is 0 Å². The van der Waals surface area contributed by atoms with Crippen molar-refractivity contribution in [2.24, 2.45) is 5.50 Å². The quantitative estimate of drug-likeness (QED) is 0.400. The number of rotatable bonds is 4. The van der Waals surface area contributed by atoms with Gasteiger partial charge < -0.3 is 4.52 Å². The second-order valence-electron chi connectivity index (χ2n) is 1.92. The summed E-state index contributed by atoms with van der Waals surface area (Å²) in [4.78, 5) is 0. The Morgan fingerprint density at radius 1 is 1.64 bits per heavy atom. The van der Waals surface area contributed by atoms with Gasteiger partial charge in [-0.25, -0.2) is 0 Å². The number of nitrogens with two attached hydrogens (primary N) is 1. The van der Waals surface area contributed by atoms with Gasteiger partial charge in [0.1, 0.15) is 5.76 Å². The Morgan fingerprint density at radius 2 is 2.27 bits per heavy atom. The van der Waals surface area contributed by atoms with Crippen molar-refractivity contribution in [1.82, 2.24) is 0 Å². The minimum atomic E-state index is -0.816. The Kier molecular flexibility index (Phi) is 5.81. The van der Waals surface area contributed by atoms with Gasteiger partial charge in [0.25, 0.3) is 0 Å². The summed E-state index contributed by atoms with van der Waals surface area (Å²) in [7, 11) is -0.816. The lowest BCUT2D eigenvalue weighted by Gasteiger charge is -2.07. The molecule has 0 aliphatic heterocycles. The Bertz CT molecular complexity index is 173. The molecule has 1 atom stereocenters. The summed E-state index contributed by atoms with van der Waals surface area (Å²) in [6.45, 7) is 7.30. The van der Waals surface area contributed by atoms with Crippen LogP contribution >= 0.6 is 8.30 Å². The van der Waals surface area contributed by atoms with Gasteiger partial charge in [-0.2, -0.15) is 0 Å². The zero-order valence-corrected chi connectivity index (χ0v) is 7.84. The molecule has 62 valence electrons. The van der Waals surface area contributed by atoms with E-state index in [1.807, 2.05) is 31.8 Å². The molecule has 0 bridgehead atoms. The molecular formula is C8H14NOP. The average molecular weight is 171 g/mol. The van der Waals surface area contributed by atoms with E-state index in [1.54, 1.807) is 6.08 Å². The van der Waals surface area contributed by atoms with Crippen LogP contribution in [0.15, 0.2) is 36.6 Å². The standard InChI is InChI=1S/C8H14NOP/c1-4-6-7-8(5-2)10-11(3)9/h4-7H,1,9H2,2-3H3/b7-6-,8-5+. The fourth-order valence-corrected chi connectivity index (χ4v) is 1.01. The molecule has 0 rings (SSSR count). The van der Waals surface area contributed by atoms with Crippen LogP contribution in [-0.2, 0) is 4.52 Å². The fourth-order valence-electron chi connectivity index (χ4n) is 0.509. The molecule has 2 nitrogen and oxygen atoms in total. The molecule has 0 heterocycles. The van der Waals surface area contributed by atoms with Crippen LogP contribution in [0, 0.1) is 0 Å². The van der Waals surface area contributed by atoms with E-state index in [1.165, 1.54) is 0 Å². The molecule has 0 aliphatic rings. The molecule has 0 amide bonds. The van der Waals surface area contributed by atoms with Crippen LogP contribution in [0.5, 0.6) is 0 Å². The maximum Gasteiger partial charge on any atom is 0.155 e. The van der Waals surface area contributed by atoms with Crippen LogP contribution in [0.25, 0.3) is 0 Å². The highest BCUT2D eigenvalue weighted by Gasteiger charge is 1.94. The van der Waals surface area contributed by atoms with Crippen molar-refractivity contribution < 1.29 is 4.52 Å². The third kappa shape index (κ3) is 5.84. The van der Waals surface area contributed by atoms with Gasteiger partial charge in [0.05, 0.1) is 0 Å². The molecule has 0 saturated heterocycles. The summed E-state index contributed by atoms with van der Waals surface area (Å²) in [6.07, 6.45) is 7.21. The van der Waals surface area contributed by atoms with E-state index in [4.69, 9.17) is 10.0 Å². The molecule has 0 fully saturated rings. The zero-order valence-electron chi connectivity index (χ0n) is 6.95. The van der Waals surface area contributed by atoms with E-state index in [0.717, 1.165) is 5.76 Å². The van der Waals surface area contributed by atoms with E-state index in [0.29, 0.717) is 0 Å². The van der Waals surface area contributed by atoms with Crippen molar-refractivity contribution in [2.75, 3.05) is 6.66 Å². The highest BCUT2D eigenvalue weighted by Crippen LogP contribution is 2.25. The van der Waals surface area contributed by atoms with Crippen molar-refractivity contribution in [3.05, 3.63) is 36.6 Å². The summed E-state index contributed by atoms with van der Waals surface area (Å²) in [5.74, 6) is 0.793. The molecule has 0 saturated carbocycles. The Balaban J connectivity index is 3.98. The minimum Gasteiger partial charge on any atom is -0.459 e. The van der Waals surface area contributed by atoms with Crippen molar-refractivity contribution in [1.29, 1.82) is 0 Å². The SMILES string of the molecule is C=C/C=C\C(=C/C)OP(C)N. The van der Waals surface area contributed by atoms with Gasteiger partial charge in [-0.1, -0.05) is 18.7 Å². The topological polar surface area (TPSA) is 35.2 Å². The molecule has 0 spiro atoms. The minimum absolute atomic E-state index is 0.793. The monoisotopic (exact) mass is 171 g/mol. The largest absolute Gasteiger partial charge is 0.459 e. The third-order valence-corrected chi connectivity index (χ3v) is 1.43. The van der Waals surface area contributed by atoms with Gasteiger partial charge in [0.15, 0.2) is 8.30 Å². The summed E-state index contributed by atoms with van der Waals surface area (Å²) in [5, 5.41) is 0. The highest BCUT2D eigenvalue weighted by molar-refractivity contribution is 7.49. The van der Waals surface area contributed by atoms with Crippen LogP contribution in [0.4, 0.5) is 0 Å². The highest BCUT2D eigenvalue weighted by atomic mass is 31.2. The predicted molar refractivity (Wildman–Crippen MR) is 51.2 cm³/mol. The number of allylic oxidation sites excluding steroid dienone is 4. The fraction of sp³-hybridized carbons (Fsp3) is 0.250. The lowest BCUT2D eigenvalue weighted by Crippen LogP contribution is -1.90. The van der Waals surface area contributed by atoms with E-state index in [2.05, 4.69) is 6.58 Å². The average Bonchev–Trinajstić information content (AvgIpc) is 1.97. The first kappa shape index (κ1) is 10.4. The first-order valence-corrected chi connectivity index (χ1v) is 5.10. The van der Waals surface area contributed by atoms with Gasteiger partial charge in [-0.05, 0) is 19.1 Å². The van der Waals surface area contributed by atoms with Gasteiger partial charge >= 0.3 is 0 Å². The molecular weight excluding hydrogens is 157 g/mol. The van der Waals surface area contributed by atoms with Crippen molar-refractivity contribution >= 4 is 8.30 Å². The first-order valence-electron chi connectivity index (χ1n) is 3.32. The second kappa shape index (κ2) is 6.14. The summed E-state index contributed by atoms with van der Waals surface area (Å²) >= 11 is 0. The molecule has 0 radical (unpaired) electrons. The predicted octanol–water partition coefficient (Wildman–Crippen LogP) is 2.55. The summed E-state index contributed by atoms with van der Waals surface area (Å²) in [5.41, 5.74) is 5.48. The van der Waals surface area contributed by atoms with Gasteiger partial charge in [0, 0.05) is 6.66 Å². The molecule has 0 aromatic rings. The van der Waals surface area contributed by atoms with Crippen LogP contribution < -0.4 is 5.50 Å². The van der Waals surface area contributed by atoms with Crippen LogP contribution in [0.1, 0.15) is 6.92 Å². The summed E-state index contributed by atoms with van der Waals surface area (Å²) < 4.78 is 5.27. The van der Waals surface area contributed by atoms with Crippen molar-refractivity contribution in [2.45, 2.75) is 6.92 Å². The maximum absolute atomic E-state index is 5.48. The van der Waals surface area contributed by atoms with E-state index in [9.17, 15) is 0 Å². The van der Waals surface area contributed by atoms with E-state index >= 15 is 0 Å².